The first-order chi connectivity index (χ1) is 12.0. The van der Waals surface area contributed by atoms with Gasteiger partial charge in [0.2, 0.25) is 5.91 Å². The van der Waals surface area contributed by atoms with Gasteiger partial charge in [-0.3, -0.25) is 9.69 Å². The number of nitrogens with zero attached hydrogens (tertiary/aromatic N) is 2. The van der Waals surface area contributed by atoms with Gasteiger partial charge in [0.15, 0.2) is 0 Å². The summed E-state index contributed by atoms with van der Waals surface area (Å²) in [5.41, 5.74) is 1.20. The largest absolute Gasteiger partial charge is 0.497 e. The third kappa shape index (κ3) is 6.33. The van der Waals surface area contributed by atoms with E-state index in [1.54, 1.807) is 7.11 Å². The highest BCUT2D eigenvalue weighted by molar-refractivity contribution is 5.81. The molecule has 1 aliphatic rings. The number of piperazine rings is 1. The molecule has 1 saturated heterocycles. The first-order valence-corrected chi connectivity index (χ1v) is 9.36. The summed E-state index contributed by atoms with van der Waals surface area (Å²) >= 11 is 0. The van der Waals surface area contributed by atoms with Crippen LogP contribution in [-0.4, -0.2) is 68.1 Å². The Labute approximate surface area is 152 Å². The molecule has 1 amide bonds. The van der Waals surface area contributed by atoms with E-state index in [1.807, 2.05) is 31.2 Å². The van der Waals surface area contributed by atoms with Crippen LogP contribution in [0.3, 0.4) is 0 Å². The third-order valence-electron chi connectivity index (χ3n) is 4.83. The summed E-state index contributed by atoms with van der Waals surface area (Å²) in [4.78, 5) is 17.2. The Kier molecular flexibility index (Phi) is 7.72. The predicted molar refractivity (Wildman–Crippen MR) is 102 cm³/mol. The molecule has 1 fully saturated rings. The highest BCUT2D eigenvalue weighted by Gasteiger charge is 2.25. The molecule has 0 bridgehead atoms. The van der Waals surface area contributed by atoms with Gasteiger partial charge >= 0.3 is 0 Å². The van der Waals surface area contributed by atoms with E-state index < -0.39 is 0 Å². The minimum Gasteiger partial charge on any atom is -0.497 e. The van der Waals surface area contributed by atoms with Crippen molar-refractivity contribution in [2.45, 2.75) is 33.2 Å². The second-order valence-corrected chi connectivity index (χ2v) is 7.30. The number of nitrogens with one attached hydrogen (secondary N) is 1. The van der Waals surface area contributed by atoms with Crippen molar-refractivity contribution >= 4 is 5.91 Å². The number of hydrogen-bond donors (Lipinski definition) is 1. The molecule has 1 atom stereocenters. The van der Waals surface area contributed by atoms with Gasteiger partial charge in [-0.15, -0.1) is 0 Å². The standard InChI is InChI=1S/C20H33N3O2/c1-16(2)15-22-11-13-23(14-12-22)17(3)20(24)21-10-9-18-5-7-19(25-4)8-6-18/h5-8,16-17H,9-15H2,1-4H3,(H,21,24). The second-order valence-electron chi connectivity index (χ2n) is 7.30. The van der Waals surface area contributed by atoms with Gasteiger partial charge < -0.3 is 15.0 Å². The minimum absolute atomic E-state index is 0.0583. The molecule has 2 rings (SSSR count). The fourth-order valence-electron chi connectivity index (χ4n) is 3.29. The molecule has 0 saturated carbocycles. The molecule has 5 heteroatoms. The molecule has 25 heavy (non-hydrogen) atoms. The molecular formula is C20H33N3O2. The SMILES string of the molecule is COc1ccc(CCNC(=O)C(C)N2CCN(CC(C)C)CC2)cc1. The van der Waals surface area contributed by atoms with Crippen LogP contribution in [0.5, 0.6) is 5.75 Å². The van der Waals surface area contributed by atoms with Gasteiger partial charge in [0, 0.05) is 39.3 Å². The average Bonchev–Trinajstić information content (AvgIpc) is 2.61. The van der Waals surface area contributed by atoms with Crippen molar-refractivity contribution < 1.29 is 9.53 Å². The number of rotatable bonds is 8. The molecule has 1 aromatic rings. The molecule has 5 nitrogen and oxygen atoms in total. The number of hydrogen-bond acceptors (Lipinski definition) is 4. The number of amides is 1. The molecular weight excluding hydrogens is 314 g/mol. The molecule has 1 heterocycles. The first kappa shape index (κ1) is 19.7. The summed E-state index contributed by atoms with van der Waals surface area (Å²) in [6.45, 7) is 12.4. The van der Waals surface area contributed by atoms with Gasteiger partial charge in [-0.25, -0.2) is 0 Å². The molecule has 0 aromatic heterocycles. The van der Waals surface area contributed by atoms with E-state index in [-0.39, 0.29) is 11.9 Å². The van der Waals surface area contributed by atoms with E-state index in [4.69, 9.17) is 4.74 Å². The second kappa shape index (κ2) is 9.78. The van der Waals surface area contributed by atoms with Gasteiger partial charge in [0.1, 0.15) is 5.75 Å². The lowest BCUT2D eigenvalue weighted by atomic mass is 10.1. The molecule has 140 valence electrons. The van der Waals surface area contributed by atoms with Crippen molar-refractivity contribution in [1.82, 2.24) is 15.1 Å². The number of methoxy groups -OCH3 is 1. The van der Waals surface area contributed by atoms with Crippen LogP contribution in [0.25, 0.3) is 0 Å². The van der Waals surface area contributed by atoms with Crippen LogP contribution in [0.1, 0.15) is 26.3 Å². The van der Waals surface area contributed by atoms with Crippen LogP contribution in [0.4, 0.5) is 0 Å². The van der Waals surface area contributed by atoms with Crippen LogP contribution in [0.15, 0.2) is 24.3 Å². The van der Waals surface area contributed by atoms with Crippen LogP contribution in [0, 0.1) is 5.92 Å². The van der Waals surface area contributed by atoms with E-state index in [2.05, 4.69) is 29.0 Å². The Bertz CT molecular complexity index is 522. The lowest BCUT2D eigenvalue weighted by molar-refractivity contribution is -0.126. The van der Waals surface area contributed by atoms with Crippen molar-refractivity contribution in [3.05, 3.63) is 29.8 Å². The summed E-state index contributed by atoms with van der Waals surface area (Å²) in [6, 6.07) is 7.94. The minimum atomic E-state index is -0.0583. The maximum Gasteiger partial charge on any atom is 0.237 e. The van der Waals surface area contributed by atoms with Crippen molar-refractivity contribution in [2.24, 2.45) is 5.92 Å². The van der Waals surface area contributed by atoms with Gasteiger partial charge in [-0.1, -0.05) is 26.0 Å². The van der Waals surface area contributed by atoms with Crippen molar-refractivity contribution in [2.75, 3.05) is 46.4 Å². The lowest BCUT2D eigenvalue weighted by Gasteiger charge is -2.38. The molecule has 0 radical (unpaired) electrons. The Hall–Kier alpha value is -1.59. The van der Waals surface area contributed by atoms with E-state index in [0.29, 0.717) is 12.5 Å². The number of ether oxygens (including phenoxy) is 1. The van der Waals surface area contributed by atoms with E-state index in [0.717, 1.165) is 44.9 Å². The number of carbonyl (C=O) groups excluding carboxylic acids is 1. The van der Waals surface area contributed by atoms with E-state index in [9.17, 15) is 4.79 Å². The van der Waals surface area contributed by atoms with Gasteiger partial charge in [-0.05, 0) is 37.0 Å². The Balaban J connectivity index is 1.69. The molecule has 0 aliphatic carbocycles. The van der Waals surface area contributed by atoms with E-state index >= 15 is 0 Å². The maximum absolute atomic E-state index is 12.4. The zero-order valence-corrected chi connectivity index (χ0v) is 16.1. The lowest BCUT2D eigenvalue weighted by Crippen LogP contribution is -2.54. The monoisotopic (exact) mass is 347 g/mol. The number of benzene rings is 1. The highest BCUT2D eigenvalue weighted by atomic mass is 16.5. The fourth-order valence-corrected chi connectivity index (χ4v) is 3.29. The van der Waals surface area contributed by atoms with Gasteiger partial charge in [0.25, 0.3) is 0 Å². The van der Waals surface area contributed by atoms with Crippen molar-refractivity contribution in [3.8, 4) is 5.75 Å². The summed E-state index contributed by atoms with van der Waals surface area (Å²) in [5.74, 6) is 1.69. The van der Waals surface area contributed by atoms with Crippen LogP contribution >= 0.6 is 0 Å². The molecule has 1 N–H and O–H groups in total. The summed E-state index contributed by atoms with van der Waals surface area (Å²) in [7, 11) is 1.67. The summed E-state index contributed by atoms with van der Waals surface area (Å²) in [5, 5.41) is 3.07. The normalized spacial score (nSPS) is 17.5. The van der Waals surface area contributed by atoms with Gasteiger partial charge in [-0.2, -0.15) is 0 Å². The van der Waals surface area contributed by atoms with Gasteiger partial charge in [0.05, 0.1) is 13.2 Å². The Morgan fingerprint density at radius 2 is 1.76 bits per heavy atom. The summed E-state index contributed by atoms with van der Waals surface area (Å²) in [6.07, 6.45) is 0.838. The van der Waals surface area contributed by atoms with E-state index in [1.165, 1.54) is 5.56 Å². The first-order valence-electron chi connectivity index (χ1n) is 9.36. The molecule has 0 spiro atoms. The average molecular weight is 348 g/mol. The quantitative estimate of drug-likeness (QED) is 0.781. The maximum atomic E-state index is 12.4. The Morgan fingerprint density at radius 3 is 2.32 bits per heavy atom. The van der Waals surface area contributed by atoms with Crippen molar-refractivity contribution in [1.29, 1.82) is 0 Å². The smallest absolute Gasteiger partial charge is 0.237 e. The van der Waals surface area contributed by atoms with Crippen LogP contribution in [-0.2, 0) is 11.2 Å². The Morgan fingerprint density at radius 1 is 1.12 bits per heavy atom. The molecule has 1 aromatic carbocycles. The van der Waals surface area contributed by atoms with Crippen molar-refractivity contribution in [3.63, 3.8) is 0 Å². The zero-order valence-electron chi connectivity index (χ0n) is 16.1. The topological polar surface area (TPSA) is 44.8 Å². The summed E-state index contributed by atoms with van der Waals surface area (Å²) < 4.78 is 5.16. The molecule has 1 unspecified atom stereocenters. The highest BCUT2D eigenvalue weighted by Crippen LogP contribution is 2.12. The third-order valence-corrected chi connectivity index (χ3v) is 4.83. The van der Waals surface area contributed by atoms with Crippen LogP contribution < -0.4 is 10.1 Å². The fraction of sp³-hybridized carbons (Fsp3) is 0.650. The van der Waals surface area contributed by atoms with Crippen LogP contribution in [0.2, 0.25) is 0 Å². The predicted octanol–water partition coefficient (Wildman–Crippen LogP) is 2.02. The molecule has 1 aliphatic heterocycles. The zero-order chi connectivity index (χ0) is 18.2. The number of carbonyl (C=O) groups is 1.